The lowest BCUT2D eigenvalue weighted by Gasteiger charge is -2.09. The second kappa shape index (κ2) is 8.99. The standard InChI is InChI=1S/C24H23N5O4/c1-4-33-19-12-10-17(11-13-19)28-15-14-20(30)22(26-28)23(31)25-21-16(2)27(3)29(24(21)32)18-8-6-5-7-9-18/h5-15H,4H2,1-3H3,(H,25,31). The summed E-state index contributed by atoms with van der Waals surface area (Å²) in [5, 5.41) is 6.78. The van der Waals surface area contributed by atoms with Gasteiger partial charge in [0.2, 0.25) is 5.43 Å². The van der Waals surface area contributed by atoms with Crippen LogP contribution in [0.1, 0.15) is 23.1 Å². The van der Waals surface area contributed by atoms with Crippen LogP contribution in [0.5, 0.6) is 5.75 Å². The van der Waals surface area contributed by atoms with Crippen LogP contribution >= 0.6 is 0 Å². The SMILES string of the molecule is CCOc1ccc(-n2ccc(=O)c(C(=O)Nc3c(C)n(C)n(-c4ccccc4)c3=O)n2)cc1. The van der Waals surface area contributed by atoms with Crippen LogP contribution in [0.3, 0.4) is 0 Å². The monoisotopic (exact) mass is 445 g/mol. The maximum absolute atomic E-state index is 13.0. The van der Waals surface area contributed by atoms with Crippen molar-refractivity contribution in [2.75, 3.05) is 11.9 Å². The molecule has 0 saturated carbocycles. The second-order valence-electron chi connectivity index (χ2n) is 7.29. The molecule has 0 unspecified atom stereocenters. The number of nitrogens with zero attached hydrogens (tertiary/aromatic N) is 4. The van der Waals surface area contributed by atoms with E-state index < -0.39 is 16.9 Å². The fourth-order valence-electron chi connectivity index (χ4n) is 3.46. The number of ether oxygens (including phenoxy) is 1. The van der Waals surface area contributed by atoms with Gasteiger partial charge >= 0.3 is 0 Å². The second-order valence-corrected chi connectivity index (χ2v) is 7.29. The highest BCUT2D eigenvalue weighted by Crippen LogP contribution is 2.16. The first-order valence-electron chi connectivity index (χ1n) is 10.4. The molecule has 9 nitrogen and oxygen atoms in total. The largest absolute Gasteiger partial charge is 0.494 e. The van der Waals surface area contributed by atoms with Gasteiger partial charge in [-0.1, -0.05) is 18.2 Å². The number of amides is 1. The molecule has 0 aliphatic carbocycles. The van der Waals surface area contributed by atoms with E-state index in [9.17, 15) is 14.4 Å². The Labute approximate surface area is 189 Å². The Balaban J connectivity index is 1.67. The predicted octanol–water partition coefficient (Wildman–Crippen LogP) is 2.68. The lowest BCUT2D eigenvalue weighted by molar-refractivity contribution is 0.101. The van der Waals surface area contributed by atoms with Crippen LogP contribution in [-0.4, -0.2) is 31.7 Å². The van der Waals surface area contributed by atoms with Crippen molar-refractivity contribution >= 4 is 11.6 Å². The molecule has 0 saturated heterocycles. The van der Waals surface area contributed by atoms with Crippen molar-refractivity contribution in [2.45, 2.75) is 13.8 Å². The minimum absolute atomic E-state index is 0.0871. The third-order valence-corrected chi connectivity index (χ3v) is 5.23. The van der Waals surface area contributed by atoms with Crippen LogP contribution in [0, 0.1) is 6.92 Å². The number of hydrogen-bond donors (Lipinski definition) is 1. The van der Waals surface area contributed by atoms with Crippen molar-refractivity contribution in [3.63, 3.8) is 0 Å². The minimum atomic E-state index is -0.758. The van der Waals surface area contributed by atoms with Gasteiger partial charge in [0.05, 0.1) is 23.7 Å². The van der Waals surface area contributed by atoms with E-state index in [4.69, 9.17) is 4.74 Å². The predicted molar refractivity (Wildman–Crippen MR) is 125 cm³/mol. The summed E-state index contributed by atoms with van der Waals surface area (Å²) in [4.78, 5) is 38.4. The van der Waals surface area contributed by atoms with Crippen molar-refractivity contribution in [3.8, 4) is 17.1 Å². The van der Waals surface area contributed by atoms with Crippen LogP contribution in [0.25, 0.3) is 11.4 Å². The molecule has 0 spiro atoms. The number of anilines is 1. The van der Waals surface area contributed by atoms with Crippen LogP contribution < -0.4 is 21.0 Å². The molecule has 1 amide bonds. The molecule has 0 bridgehead atoms. The molecule has 4 rings (SSSR count). The van der Waals surface area contributed by atoms with Gasteiger partial charge in [-0.2, -0.15) is 5.10 Å². The molecule has 2 heterocycles. The number of carbonyl (C=O) groups excluding carboxylic acids is 1. The van der Waals surface area contributed by atoms with E-state index in [1.54, 1.807) is 55.1 Å². The Kier molecular flexibility index (Phi) is 5.95. The number of hydrogen-bond acceptors (Lipinski definition) is 5. The number of carbonyl (C=O) groups is 1. The van der Waals surface area contributed by atoms with Crippen molar-refractivity contribution in [2.24, 2.45) is 7.05 Å². The topological polar surface area (TPSA) is 100 Å². The molecule has 33 heavy (non-hydrogen) atoms. The highest BCUT2D eigenvalue weighted by Gasteiger charge is 2.21. The van der Waals surface area contributed by atoms with E-state index in [1.807, 2.05) is 25.1 Å². The Morgan fingerprint density at radius 1 is 1.00 bits per heavy atom. The molecule has 9 heteroatoms. The van der Waals surface area contributed by atoms with Crippen molar-refractivity contribution < 1.29 is 9.53 Å². The van der Waals surface area contributed by atoms with Crippen molar-refractivity contribution in [1.29, 1.82) is 0 Å². The van der Waals surface area contributed by atoms with Crippen LogP contribution in [-0.2, 0) is 7.05 Å². The fraction of sp³-hybridized carbons (Fsp3) is 0.167. The van der Waals surface area contributed by atoms with Gasteiger partial charge in [-0.25, -0.2) is 9.36 Å². The van der Waals surface area contributed by atoms with Crippen LogP contribution in [0.15, 0.2) is 76.4 Å². The van der Waals surface area contributed by atoms with Gasteiger partial charge in [0.1, 0.15) is 11.4 Å². The smallest absolute Gasteiger partial charge is 0.295 e. The molecule has 0 radical (unpaired) electrons. The normalized spacial score (nSPS) is 10.8. The fourth-order valence-corrected chi connectivity index (χ4v) is 3.46. The molecule has 1 N–H and O–H groups in total. The number of para-hydroxylation sites is 1. The number of nitrogens with one attached hydrogen (secondary N) is 1. The van der Waals surface area contributed by atoms with Gasteiger partial charge in [-0.3, -0.25) is 19.1 Å². The van der Waals surface area contributed by atoms with E-state index in [0.29, 0.717) is 29.4 Å². The number of benzene rings is 2. The van der Waals surface area contributed by atoms with Gasteiger partial charge in [0.25, 0.3) is 11.5 Å². The van der Waals surface area contributed by atoms with E-state index in [1.165, 1.54) is 21.6 Å². The highest BCUT2D eigenvalue weighted by molar-refractivity contribution is 6.02. The quantitative estimate of drug-likeness (QED) is 0.492. The van der Waals surface area contributed by atoms with Crippen LogP contribution in [0.4, 0.5) is 5.69 Å². The summed E-state index contributed by atoms with van der Waals surface area (Å²) in [6.07, 6.45) is 1.48. The molecule has 4 aromatic rings. The van der Waals surface area contributed by atoms with Crippen molar-refractivity contribution in [1.82, 2.24) is 19.1 Å². The van der Waals surface area contributed by atoms with Gasteiger partial charge in [-0.15, -0.1) is 0 Å². The van der Waals surface area contributed by atoms with Gasteiger partial charge in [0.15, 0.2) is 5.69 Å². The summed E-state index contributed by atoms with van der Waals surface area (Å²) >= 11 is 0. The maximum Gasteiger partial charge on any atom is 0.295 e. The first-order chi connectivity index (χ1) is 15.9. The van der Waals surface area contributed by atoms with Gasteiger partial charge in [0, 0.05) is 19.3 Å². The Morgan fingerprint density at radius 3 is 2.36 bits per heavy atom. The van der Waals surface area contributed by atoms with Crippen molar-refractivity contribution in [3.05, 3.63) is 98.8 Å². The van der Waals surface area contributed by atoms with E-state index in [0.717, 1.165) is 0 Å². The summed E-state index contributed by atoms with van der Waals surface area (Å²) in [5.41, 5.74) is 0.660. The first kappa shape index (κ1) is 21.8. The molecule has 0 aliphatic heterocycles. The molecular formula is C24H23N5O4. The Hall–Kier alpha value is -4.40. The number of rotatable bonds is 6. The molecular weight excluding hydrogens is 422 g/mol. The number of aromatic nitrogens is 4. The van der Waals surface area contributed by atoms with Gasteiger partial charge in [-0.05, 0) is 50.2 Å². The zero-order valence-electron chi connectivity index (χ0n) is 18.5. The summed E-state index contributed by atoms with van der Waals surface area (Å²) in [7, 11) is 1.72. The summed E-state index contributed by atoms with van der Waals surface area (Å²) < 4.78 is 9.94. The summed E-state index contributed by atoms with van der Waals surface area (Å²) in [5.74, 6) is -0.0548. The lowest BCUT2D eigenvalue weighted by atomic mass is 10.3. The zero-order valence-corrected chi connectivity index (χ0v) is 18.5. The Bertz CT molecular complexity index is 1420. The Morgan fingerprint density at radius 2 is 1.70 bits per heavy atom. The van der Waals surface area contributed by atoms with E-state index in [2.05, 4.69) is 10.4 Å². The highest BCUT2D eigenvalue weighted by atomic mass is 16.5. The third kappa shape index (κ3) is 4.20. The maximum atomic E-state index is 13.0. The minimum Gasteiger partial charge on any atom is -0.494 e. The first-order valence-corrected chi connectivity index (χ1v) is 10.4. The average molecular weight is 445 g/mol. The molecule has 0 aliphatic rings. The van der Waals surface area contributed by atoms with E-state index >= 15 is 0 Å². The lowest BCUT2D eigenvalue weighted by Crippen LogP contribution is -2.28. The zero-order chi connectivity index (χ0) is 23.5. The summed E-state index contributed by atoms with van der Waals surface area (Å²) in [6.45, 7) is 4.16. The van der Waals surface area contributed by atoms with Gasteiger partial charge < -0.3 is 10.1 Å². The average Bonchev–Trinajstić information content (AvgIpc) is 3.03. The summed E-state index contributed by atoms with van der Waals surface area (Å²) in [6, 6.07) is 17.4. The van der Waals surface area contributed by atoms with E-state index in [-0.39, 0.29) is 11.4 Å². The molecule has 0 fully saturated rings. The third-order valence-electron chi connectivity index (χ3n) is 5.23. The van der Waals surface area contributed by atoms with Crippen LogP contribution in [0.2, 0.25) is 0 Å². The molecule has 168 valence electrons. The molecule has 2 aromatic carbocycles. The molecule has 2 aromatic heterocycles. The molecule has 0 atom stereocenters.